The third-order valence-corrected chi connectivity index (χ3v) is 1.64. The van der Waals surface area contributed by atoms with E-state index in [2.05, 4.69) is 15.3 Å². The smallest absolute Gasteiger partial charge is 0.172 e. The van der Waals surface area contributed by atoms with E-state index in [-0.39, 0.29) is 22.5 Å². The Bertz CT molecular complexity index is 349. The highest BCUT2D eigenvalue weighted by Crippen LogP contribution is 2.19. The SMILES string of the molecule is CNc1nc(N)c(C(=N)N)nc1Cl. The summed E-state index contributed by atoms with van der Waals surface area (Å²) in [6.07, 6.45) is 0. The Labute approximate surface area is 79.8 Å². The van der Waals surface area contributed by atoms with Gasteiger partial charge in [-0.25, -0.2) is 9.97 Å². The van der Waals surface area contributed by atoms with Crippen molar-refractivity contribution in [3.05, 3.63) is 10.8 Å². The molecule has 0 aromatic carbocycles. The molecule has 70 valence electrons. The van der Waals surface area contributed by atoms with Gasteiger partial charge in [0.1, 0.15) is 11.5 Å². The molecule has 0 aliphatic heterocycles. The molecular formula is C6H9ClN6. The average molecular weight is 201 g/mol. The van der Waals surface area contributed by atoms with Gasteiger partial charge in [0.15, 0.2) is 16.8 Å². The molecule has 0 unspecified atom stereocenters. The van der Waals surface area contributed by atoms with E-state index in [1.165, 1.54) is 0 Å². The summed E-state index contributed by atoms with van der Waals surface area (Å²) in [4.78, 5) is 7.67. The van der Waals surface area contributed by atoms with E-state index in [1.54, 1.807) is 7.05 Å². The number of amidine groups is 1. The quantitative estimate of drug-likeness (QED) is 0.398. The molecule has 1 aromatic rings. The van der Waals surface area contributed by atoms with Gasteiger partial charge >= 0.3 is 0 Å². The van der Waals surface area contributed by atoms with Crippen molar-refractivity contribution in [1.82, 2.24) is 9.97 Å². The highest BCUT2D eigenvalue weighted by molar-refractivity contribution is 6.32. The first-order valence-electron chi connectivity index (χ1n) is 3.41. The number of hydrogen-bond donors (Lipinski definition) is 4. The van der Waals surface area contributed by atoms with Crippen LogP contribution in [0.2, 0.25) is 5.15 Å². The average Bonchev–Trinajstić information content (AvgIpc) is 2.07. The molecular weight excluding hydrogens is 192 g/mol. The molecule has 0 spiro atoms. The second-order valence-corrected chi connectivity index (χ2v) is 2.62. The Morgan fingerprint density at radius 2 is 2.15 bits per heavy atom. The molecule has 13 heavy (non-hydrogen) atoms. The largest absolute Gasteiger partial charge is 0.382 e. The third-order valence-electron chi connectivity index (χ3n) is 1.37. The second-order valence-electron chi connectivity index (χ2n) is 2.26. The minimum Gasteiger partial charge on any atom is -0.382 e. The predicted molar refractivity (Wildman–Crippen MR) is 52.0 cm³/mol. The zero-order chi connectivity index (χ0) is 10.0. The number of halogens is 1. The third kappa shape index (κ3) is 1.78. The van der Waals surface area contributed by atoms with Crippen LogP contribution in [0.3, 0.4) is 0 Å². The molecule has 6 nitrogen and oxygen atoms in total. The molecule has 0 amide bonds. The van der Waals surface area contributed by atoms with Gasteiger partial charge in [-0.3, -0.25) is 5.41 Å². The van der Waals surface area contributed by atoms with Crippen LogP contribution in [0, 0.1) is 5.41 Å². The molecule has 0 radical (unpaired) electrons. The summed E-state index contributed by atoms with van der Waals surface area (Å²) in [5.74, 6) is 0.194. The lowest BCUT2D eigenvalue weighted by Gasteiger charge is -2.06. The van der Waals surface area contributed by atoms with Gasteiger partial charge in [0.2, 0.25) is 0 Å². The lowest BCUT2D eigenvalue weighted by Crippen LogP contribution is -2.17. The molecule has 7 heteroatoms. The van der Waals surface area contributed by atoms with Crippen molar-refractivity contribution in [3.8, 4) is 0 Å². The van der Waals surface area contributed by atoms with Crippen molar-refractivity contribution in [1.29, 1.82) is 5.41 Å². The van der Waals surface area contributed by atoms with Crippen LogP contribution < -0.4 is 16.8 Å². The maximum absolute atomic E-state index is 7.12. The van der Waals surface area contributed by atoms with Crippen molar-refractivity contribution >= 4 is 29.1 Å². The van der Waals surface area contributed by atoms with Crippen molar-refractivity contribution in [2.24, 2.45) is 5.73 Å². The van der Waals surface area contributed by atoms with E-state index < -0.39 is 0 Å². The Kier molecular flexibility index (Phi) is 2.52. The van der Waals surface area contributed by atoms with E-state index >= 15 is 0 Å². The number of nitrogens with zero attached hydrogens (tertiary/aromatic N) is 2. The fourth-order valence-electron chi connectivity index (χ4n) is 0.785. The van der Waals surface area contributed by atoms with Crippen LogP contribution >= 0.6 is 11.6 Å². The molecule has 0 aliphatic rings. The van der Waals surface area contributed by atoms with Crippen LogP contribution in [0.1, 0.15) is 5.69 Å². The molecule has 1 heterocycles. The number of hydrogen-bond acceptors (Lipinski definition) is 5. The molecule has 6 N–H and O–H groups in total. The molecule has 0 saturated carbocycles. The summed E-state index contributed by atoms with van der Waals surface area (Å²) in [5.41, 5.74) is 10.8. The number of nitrogens with two attached hydrogens (primary N) is 2. The first-order valence-corrected chi connectivity index (χ1v) is 3.79. The zero-order valence-corrected chi connectivity index (χ0v) is 7.68. The topological polar surface area (TPSA) is 114 Å². The van der Waals surface area contributed by atoms with E-state index in [1.807, 2.05) is 0 Å². The number of nitrogen functional groups attached to an aromatic ring is 2. The van der Waals surface area contributed by atoms with Crippen LogP contribution in [0.5, 0.6) is 0 Å². The summed E-state index contributed by atoms with van der Waals surface area (Å²) >= 11 is 5.70. The molecule has 0 bridgehead atoms. The van der Waals surface area contributed by atoms with Gasteiger partial charge in [0, 0.05) is 7.05 Å². The summed E-state index contributed by atoms with van der Waals surface area (Å²) in [7, 11) is 1.64. The normalized spacial score (nSPS) is 9.69. The lowest BCUT2D eigenvalue weighted by molar-refractivity contribution is 1.16. The minimum atomic E-state index is -0.255. The summed E-state index contributed by atoms with van der Waals surface area (Å²) < 4.78 is 0. The molecule has 1 aromatic heterocycles. The number of aromatic nitrogens is 2. The predicted octanol–water partition coefficient (Wildman–Crippen LogP) is 0.0380. The highest BCUT2D eigenvalue weighted by Gasteiger charge is 2.10. The number of anilines is 2. The first-order chi connectivity index (χ1) is 6.06. The molecule has 0 aliphatic carbocycles. The molecule has 0 atom stereocenters. The van der Waals surface area contributed by atoms with Gasteiger partial charge in [-0.05, 0) is 0 Å². The minimum absolute atomic E-state index is 0.0845. The molecule has 1 rings (SSSR count). The van der Waals surface area contributed by atoms with Crippen LogP contribution in [-0.2, 0) is 0 Å². The van der Waals surface area contributed by atoms with Crippen molar-refractivity contribution in [3.63, 3.8) is 0 Å². The maximum atomic E-state index is 7.12. The molecule has 0 saturated heterocycles. The van der Waals surface area contributed by atoms with Crippen LogP contribution in [0.25, 0.3) is 0 Å². The van der Waals surface area contributed by atoms with Crippen molar-refractivity contribution < 1.29 is 0 Å². The van der Waals surface area contributed by atoms with Crippen molar-refractivity contribution in [2.75, 3.05) is 18.1 Å². The van der Waals surface area contributed by atoms with Crippen LogP contribution in [-0.4, -0.2) is 22.9 Å². The van der Waals surface area contributed by atoms with E-state index in [0.717, 1.165) is 0 Å². The van der Waals surface area contributed by atoms with Gasteiger partial charge in [-0.15, -0.1) is 0 Å². The van der Waals surface area contributed by atoms with Gasteiger partial charge in [-0.1, -0.05) is 11.6 Å². The first kappa shape index (κ1) is 9.53. The van der Waals surface area contributed by atoms with Gasteiger partial charge in [0.05, 0.1) is 0 Å². The fraction of sp³-hybridized carbons (Fsp3) is 0.167. The van der Waals surface area contributed by atoms with Gasteiger partial charge in [0.25, 0.3) is 0 Å². The highest BCUT2D eigenvalue weighted by atomic mass is 35.5. The standard InChI is InChI=1S/C6H9ClN6/c1-11-6-3(7)12-2(4(8)9)5(10)13-6/h1H3,(H3,8,9)(H3,10,11,13). The Hall–Kier alpha value is -1.56. The Morgan fingerprint density at radius 3 is 2.62 bits per heavy atom. The lowest BCUT2D eigenvalue weighted by atomic mass is 10.4. The second kappa shape index (κ2) is 3.44. The van der Waals surface area contributed by atoms with Gasteiger partial charge in [-0.2, -0.15) is 0 Å². The fourth-order valence-corrected chi connectivity index (χ4v) is 1.01. The maximum Gasteiger partial charge on any atom is 0.172 e. The zero-order valence-electron chi connectivity index (χ0n) is 6.93. The summed E-state index contributed by atoms with van der Waals surface area (Å²) in [6.45, 7) is 0. The monoisotopic (exact) mass is 200 g/mol. The molecule has 0 fully saturated rings. The number of nitrogens with one attached hydrogen (secondary N) is 2. The van der Waals surface area contributed by atoms with Crippen molar-refractivity contribution in [2.45, 2.75) is 0 Å². The Balaban J connectivity index is 3.28. The van der Waals surface area contributed by atoms with Crippen LogP contribution in [0.15, 0.2) is 0 Å². The summed E-state index contributed by atoms with van der Waals surface area (Å²) in [6, 6.07) is 0. The number of rotatable bonds is 2. The van der Waals surface area contributed by atoms with E-state index in [9.17, 15) is 0 Å². The Morgan fingerprint density at radius 1 is 1.54 bits per heavy atom. The van der Waals surface area contributed by atoms with E-state index in [0.29, 0.717) is 5.82 Å². The van der Waals surface area contributed by atoms with Gasteiger partial charge < -0.3 is 16.8 Å². The van der Waals surface area contributed by atoms with E-state index in [4.69, 9.17) is 28.5 Å². The van der Waals surface area contributed by atoms with Crippen LogP contribution in [0.4, 0.5) is 11.6 Å². The summed E-state index contributed by atoms with van der Waals surface area (Å²) in [5, 5.41) is 9.96.